The number of benzene rings is 1. The van der Waals surface area contributed by atoms with Crippen molar-refractivity contribution in [2.45, 2.75) is 25.9 Å². The topological polar surface area (TPSA) is 46.9 Å². The van der Waals surface area contributed by atoms with E-state index in [-0.39, 0.29) is 17.5 Å². The molecule has 1 saturated heterocycles. The molecule has 2 unspecified atom stereocenters. The number of nitrogens with zero attached hydrogens (tertiary/aromatic N) is 2. The number of hydrogen-bond acceptors (Lipinski definition) is 4. The average Bonchev–Trinajstić information content (AvgIpc) is 2.30. The van der Waals surface area contributed by atoms with Crippen molar-refractivity contribution in [3.05, 3.63) is 23.8 Å². The molecule has 1 aromatic carbocycles. The standard InChI is InChI=1S/C14H22N2O2/c1-10-9-16(5-4-15(10)3)11(2)12-6-13(17)8-14(18)7-12/h6-8,10-11,17-18H,4-5,9H2,1-3H3. The molecular formula is C14H22N2O2. The summed E-state index contributed by atoms with van der Waals surface area (Å²) in [5.41, 5.74) is 0.962. The monoisotopic (exact) mass is 250 g/mol. The fourth-order valence-electron chi connectivity index (χ4n) is 2.50. The summed E-state index contributed by atoms with van der Waals surface area (Å²) < 4.78 is 0. The predicted molar refractivity (Wildman–Crippen MR) is 71.9 cm³/mol. The lowest BCUT2D eigenvalue weighted by Crippen LogP contribution is -2.50. The maximum atomic E-state index is 9.55. The molecule has 100 valence electrons. The summed E-state index contributed by atoms with van der Waals surface area (Å²) in [4.78, 5) is 4.74. The molecule has 1 aromatic rings. The van der Waals surface area contributed by atoms with Gasteiger partial charge in [-0.1, -0.05) is 0 Å². The van der Waals surface area contributed by atoms with E-state index in [2.05, 4.69) is 30.7 Å². The van der Waals surface area contributed by atoms with Gasteiger partial charge in [-0.15, -0.1) is 0 Å². The molecule has 18 heavy (non-hydrogen) atoms. The summed E-state index contributed by atoms with van der Waals surface area (Å²) in [6, 6.07) is 5.56. The van der Waals surface area contributed by atoms with E-state index in [1.54, 1.807) is 12.1 Å². The van der Waals surface area contributed by atoms with Crippen molar-refractivity contribution in [3.63, 3.8) is 0 Å². The third kappa shape index (κ3) is 2.76. The molecule has 0 bridgehead atoms. The molecule has 4 heteroatoms. The number of phenolic OH excluding ortho intramolecular Hbond substituents is 2. The smallest absolute Gasteiger partial charge is 0.119 e. The van der Waals surface area contributed by atoms with Gasteiger partial charge >= 0.3 is 0 Å². The highest BCUT2D eigenvalue weighted by atomic mass is 16.3. The van der Waals surface area contributed by atoms with Gasteiger partial charge in [0, 0.05) is 37.8 Å². The van der Waals surface area contributed by atoms with E-state index in [0.29, 0.717) is 6.04 Å². The fourth-order valence-corrected chi connectivity index (χ4v) is 2.50. The van der Waals surface area contributed by atoms with Gasteiger partial charge < -0.3 is 15.1 Å². The first kappa shape index (κ1) is 13.2. The molecule has 1 heterocycles. The Balaban J connectivity index is 2.13. The van der Waals surface area contributed by atoms with Crippen LogP contribution < -0.4 is 0 Å². The second-order valence-corrected chi connectivity index (χ2v) is 5.28. The average molecular weight is 250 g/mol. The van der Waals surface area contributed by atoms with Gasteiger partial charge in [0.05, 0.1) is 0 Å². The van der Waals surface area contributed by atoms with Crippen LogP contribution in [0.15, 0.2) is 18.2 Å². The molecule has 0 spiro atoms. The van der Waals surface area contributed by atoms with E-state index >= 15 is 0 Å². The number of hydrogen-bond donors (Lipinski definition) is 2. The van der Waals surface area contributed by atoms with Crippen molar-refractivity contribution in [3.8, 4) is 11.5 Å². The lowest BCUT2D eigenvalue weighted by Gasteiger charge is -2.40. The first-order chi connectivity index (χ1) is 8.47. The number of likely N-dealkylation sites (N-methyl/N-ethyl adjacent to an activating group) is 1. The molecular weight excluding hydrogens is 228 g/mol. The van der Waals surface area contributed by atoms with E-state index in [1.807, 2.05) is 0 Å². The quantitative estimate of drug-likeness (QED) is 0.840. The van der Waals surface area contributed by atoms with E-state index in [1.165, 1.54) is 6.07 Å². The molecule has 4 nitrogen and oxygen atoms in total. The third-order valence-corrected chi connectivity index (χ3v) is 3.95. The van der Waals surface area contributed by atoms with Gasteiger partial charge in [-0.25, -0.2) is 0 Å². The van der Waals surface area contributed by atoms with Crippen LogP contribution in [0.1, 0.15) is 25.5 Å². The van der Waals surface area contributed by atoms with Crippen molar-refractivity contribution < 1.29 is 10.2 Å². The second-order valence-electron chi connectivity index (χ2n) is 5.28. The van der Waals surface area contributed by atoms with Crippen LogP contribution in [0.3, 0.4) is 0 Å². The van der Waals surface area contributed by atoms with E-state index in [4.69, 9.17) is 0 Å². The van der Waals surface area contributed by atoms with Gasteiger partial charge in [0.15, 0.2) is 0 Å². The van der Waals surface area contributed by atoms with Gasteiger partial charge in [-0.05, 0) is 38.6 Å². The summed E-state index contributed by atoms with van der Waals surface area (Å²) >= 11 is 0. The molecule has 1 aliphatic heterocycles. The Morgan fingerprint density at radius 3 is 2.33 bits per heavy atom. The van der Waals surface area contributed by atoms with Crippen LogP contribution in [-0.4, -0.2) is 52.7 Å². The number of rotatable bonds is 2. The molecule has 0 saturated carbocycles. The molecule has 2 rings (SSSR count). The van der Waals surface area contributed by atoms with Crippen LogP contribution in [0.25, 0.3) is 0 Å². The summed E-state index contributed by atoms with van der Waals surface area (Å²) in [7, 11) is 2.15. The highest BCUT2D eigenvalue weighted by molar-refractivity contribution is 5.38. The minimum Gasteiger partial charge on any atom is -0.508 e. The molecule has 0 amide bonds. The van der Waals surface area contributed by atoms with Crippen LogP contribution in [-0.2, 0) is 0 Å². The van der Waals surface area contributed by atoms with Gasteiger partial charge in [-0.3, -0.25) is 4.90 Å². The SMILES string of the molecule is CC1CN(C(C)c2cc(O)cc(O)c2)CCN1C. The Morgan fingerprint density at radius 2 is 1.78 bits per heavy atom. The summed E-state index contributed by atoms with van der Waals surface area (Å²) in [6.45, 7) is 7.41. The summed E-state index contributed by atoms with van der Waals surface area (Å²) in [5.74, 6) is 0.248. The fraction of sp³-hybridized carbons (Fsp3) is 0.571. The minimum absolute atomic E-state index is 0.124. The lowest BCUT2D eigenvalue weighted by molar-refractivity contribution is 0.0773. The van der Waals surface area contributed by atoms with Crippen molar-refractivity contribution in [2.75, 3.05) is 26.7 Å². The van der Waals surface area contributed by atoms with Gasteiger partial charge in [0.1, 0.15) is 11.5 Å². The largest absolute Gasteiger partial charge is 0.508 e. The minimum atomic E-state index is 0.124. The Morgan fingerprint density at radius 1 is 1.17 bits per heavy atom. The van der Waals surface area contributed by atoms with E-state index < -0.39 is 0 Å². The normalized spacial score (nSPS) is 24.1. The Bertz CT molecular complexity index is 402. The number of phenols is 2. The summed E-state index contributed by atoms with van der Waals surface area (Å²) in [6.07, 6.45) is 0. The zero-order chi connectivity index (χ0) is 13.3. The van der Waals surface area contributed by atoms with Crippen molar-refractivity contribution in [1.29, 1.82) is 0 Å². The molecule has 2 atom stereocenters. The molecule has 0 radical (unpaired) electrons. The first-order valence-corrected chi connectivity index (χ1v) is 6.44. The third-order valence-electron chi connectivity index (χ3n) is 3.95. The highest BCUT2D eigenvalue weighted by Crippen LogP contribution is 2.29. The lowest BCUT2D eigenvalue weighted by atomic mass is 10.0. The maximum absolute atomic E-state index is 9.55. The van der Waals surface area contributed by atoms with E-state index in [9.17, 15) is 10.2 Å². The molecule has 2 N–H and O–H groups in total. The summed E-state index contributed by atoms with van der Waals surface area (Å²) in [5, 5.41) is 19.1. The zero-order valence-corrected chi connectivity index (χ0v) is 11.3. The van der Waals surface area contributed by atoms with Crippen LogP contribution >= 0.6 is 0 Å². The molecule has 1 fully saturated rings. The van der Waals surface area contributed by atoms with Gasteiger partial charge in [0.25, 0.3) is 0 Å². The van der Waals surface area contributed by atoms with Crippen LogP contribution in [0.2, 0.25) is 0 Å². The molecule has 1 aliphatic rings. The number of aromatic hydroxyl groups is 2. The second kappa shape index (κ2) is 5.16. The van der Waals surface area contributed by atoms with Crippen LogP contribution in [0.5, 0.6) is 11.5 Å². The van der Waals surface area contributed by atoms with Crippen LogP contribution in [0.4, 0.5) is 0 Å². The predicted octanol–water partition coefficient (Wildman–Crippen LogP) is 1.79. The first-order valence-electron chi connectivity index (χ1n) is 6.44. The van der Waals surface area contributed by atoms with Crippen molar-refractivity contribution in [1.82, 2.24) is 9.80 Å². The van der Waals surface area contributed by atoms with Crippen molar-refractivity contribution >= 4 is 0 Å². The Labute approximate surface area is 108 Å². The zero-order valence-electron chi connectivity index (χ0n) is 11.3. The van der Waals surface area contributed by atoms with Gasteiger partial charge in [-0.2, -0.15) is 0 Å². The maximum Gasteiger partial charge on any atom is 0.119 e. The van der Waals surface area contributed by atoms with Crippen LogP contribution in [0, 0.1) is 0 Å². The molecule has 0 aliphatic carbocycles. The Hall–Kier alpha value is -1.26. The van der Waals surface area contributed by atoms with Crippen molar-refractivity contribution in [2.24, 2.45) is 0 Å². The van der Waals surface area contributed by atoms with E-state index in [0.717, 1.165) is 25.2 Å². The van der Waals surface area contributed by atoms with Gasteiger partial charge in [0.2, 0.25) is 0 Å². The molecule has 0 aromatic heterocycles. The number of piperazine rings is 1. The Kier molecular flexibility index (Phi) is 3.78. The highest BCUT2D eigenvalue weighted by Gasteiger charge is 2.25.